The molecule has 2 aromatic heterocycles. The van der Waals surface area contributed by atoms with E-state index in [9.17, 15) is 21.0 Å². The highest BCUT2D eigenvalue weighted by molar-refractivity contribution is 6.12. The van der Waals surface area contributed by atoms with Crippen LogP contribution in [0.5, 0.6) is 0 Å². The van der Waals surface area contributed by atoms with Gasteiger partial charge in [0.2, 0.25) is 0 Å². The summed E-state index contributed by atoms with van der Waals surface area (Å²) >= 11 is 0. The molecule has 6 heteroatoms. The first-order valence-electron chi connectivity index (χ1n) is 15.6. The maximum absolute atomic E-state index is 10.0. The van der Waals surface area contributed by atoms with Crippen LogP contribution in [0.3, 0.4) is 0 Å². The van der Waals surface area contributed by atoms with Crippen molar-refractivity contribution >= 4 is 43.6 Å². The SMILES string of the molecule is CC.N#Cc1ccc(-n2c3ccccc3c3cc(C#N)ccc32)c(-c2ccc(C#N)cc2-n2c3ccccc3c3cc(C#N)ccc32)c1. The average Bonchev–Trinajstić information content (AvgIpc) is 3.67. The summed E-state index contributed by atoms with van der Waals surface area (Å²) in [4.78, 5) is 0. The van der Waals surface area contributed by atoms with Gasteiger partial charge < -0.3 is 9.13 Å². The van der Waals surface area contributed by atoms with Gasteiger partial charge in [0, 0.05) is 32.7 Å². The molecule has 0 aliphatic heterocycles. The molecule has 6 nitrogen and oxygen atoms in total. The van der Waals surface area contributed by atoms with Gasteiger partial charge in [0.25, 0.3) is 0 Å². The Morgan fingerprint density at radius 3 is 1.33 bits per heavy atom. The molecule has 2 heterocycles. The maximum atomic E-state index is 10.0. The van der Waals surface area contributed by atoms with Gasteiger partial charge in [-0.2, -0.15) is 21.0 Å². The molecule has 8 rings (SSSR count). The summed E-state index contributed by atoms with van der Waals surface area (Å²) in [6, 6.07) is 47.9. The van der Waals surface area contributed by atoms with Gasteiger partial charge in [0.15, 0.2) is 0 Å². The lowest BCUT2D eigenvalue weighted by Gasteiger charge is -2.19. The van der Waals surface area contributed by atoms with Crippen LogP contribution in [0, 0.1) is 45.3 Å². The Labute approximate surface area is 277 Å². The van der Waals surface area contributed by atoms with Crippen LogP contribution in [0.1, 0.15) is 36.1 Å². The lowest BCUT2D eigenvalue weighted by atomic mass is 9.97. The first-order chi connectivity index (χ1) is 23.6. The Bertz CT molecular complexity index is 2750. The van der Waals surface area contributed by atoms with Crippen molar-refractivity contribution < 1.29 is 0 Å². The van der Waals surface area contributed by atoms with Crippen LogP contribution in [0.15, 0.2) is 121 Å². The Morgan fingerprint density at radius 2 is 0.792 bits per heavy atom. The largest absolute Gasteiger partial charge is 0.309 e. The molecule has 6 aromatic carbocycles. The third kappa shape index (κ3) is 4.54. The Kier molecular flexibility index (Phi) is 7.40. The predicted octanol–water partition coefficient (Wildman–Crippen LogP) is 10.1. The second kappa shape index (κ2) is 12.0. The number of benzene rings is 6. The molecule has 0 aliphatic rings. The van der Waals surface area contributed by atoms with E-state index in [4.69, 9.17) is 0 Å². The van der Waals surface area contributed by atoms with Gasteiger partial charge in [-0.05, 0) is 78.9 Å². The van der Waals surface area contributed by atoms with Crippen LogP contribution in [-0.4, -0.2) is 9.13 Å². The van der Waals surface area contributed by atoms with Crippen molar-refractivity contribution in [1.29, 1.82) is 21.0 Å². The summed E-state index contributed by atoms with van der Waals surface area (Å²) in [6.07, 6.45) is 0. The van der Waals surface area contributed by atoms with E-state index in [-0.39, 0.29) is 0 Å². The smallest absolute Gasteiger partial charge is 0.0992 e. The van der Waals surface area contributed by atoms with E-state index in [0.29, 0.717) is 22.3 Å². The summed E-state index contributed by atoms with van der Waals surface area (Å²) in [7, 11) is 0. The zero-order chi connectivity index (χ0) is 33.4. The zero-order valence-electron chi connectivity index (χ0n) is 26.2. The van der Waals surface area contributed by atoms with E-state index in [1.54, 1.807) is 12.1 Å². The number of rotatable bonds is 3. The quantitative estimate of drug-likeness (QED) is 0.197. The summed E-state index contributed by atoms with van der Waals surface area (Å²) < 4.78 is 4.31. The summed E-state index contributed by atoms with van der Waals surface area (Å²) in [5.74, 6) is 0. The molecule has 0 spiro atoms. The van der Waals surface area contributed by atoms with Crippen LogP contribution in [0.25, 0.3) is 66.1 Å². The second-order valence-electron chi connectivity index (χ2n) is 11.1. The lowest BCUT2D eigenvalue weighted by molar-refractivity contribution is 1.16. The lowest BCUT2D eigenvalue weighted by Crippen LogP contribution is -2.02. The highest BCUT2D eigenvalue weighted by Crippen LogP contribution is 2.41. The first kappa shape index (κ1) is 29.6. The van der Waals surface area contributed by atoms with Crippen molar-refractivity contribution in [2.75, 3.05) is 0 Å². The normalized spacial score (nSPS) is 10.6. The molecular weight excluding hydrogens is 589 g/mol. The van der Waals surface area contributed by atoms with Gasteiger partial charge in [-0.25, -0.2) is 0 Å². The van der Waals surface area contributed by atoms with E-state index in [0.717, 1.165) is 66.1 Å². The number of aromatic nitrogens is 2. The number of para-hydroxylation sites is 2. The van der Waals surface area contributed by atoms with Crippen molar-refractivity contribution in [3.63, 3.8) is 0 Å². The number of hydrogen-bond acceptors (Lipinski definition) is 4. The van der Waals surface area contributed by atoms with Gasteiger partial charge >= 0.3 is 0 Å². The van der Waals surface area contributed by atoms with Gasteiger partial charge in [-0.15, -0.1) is 0 Å². The highest BCUT2D eigenvalue weighted by Gasteiger charge is 2.21. The monoisotopic (exact) mass is 614 g/mol. The third-order valence-electron chi connectivity index (χ3n) is 8.63. The zero-order valence-corrected chi connectivity index (χ0v) is 26.2. The van der Waals surface area contributed by atoms with E-state index in [2.05, 4.69) is 45.5 Å². The fourth-order valence-electron chi connectivity index (χ4n) is 6.63. The molecule has 48 heavy (non-hydrogen) atoms. The van der Waals surface area contributed by atoms with Gasteiger partial charge in [-0.3, -0.25) is 0 Å². The molecule has 0 aliphatic carbocycles. The van der Waals surface area contributed by atoms with E-state index in [1.807, 2.05) is 111 Å². The molecule has 0 N–H and O–H groups in total. The van der Waals surface area contributed by atoms with E-state index >= 15 is 0 Å². The van der Waals surface area contributed by atoms with Gasteiger partial charge in [-0.1, -0.05) is 56.3 Å². The molecule has 0 saturated carbocycles. The van der Waals surface area contributed by atoms with Crippen LogP contribution >= 0.6 is 0 Å². The highest BCUT2D eigenvalue weighted by atomic mass is 15.0. The third-order valence-corrected chi connectivity index (χ3v) is 8.63. The van der Waals surface area contributed by atoms with Crippen molar-refractivity contribution in [2.45, 2.75) is 13.8 Å². The van der Waals surface area contributed by atoms with Crippen molar-refractivity contribution in [3.05, 3.63) is 144 Å². The van der Waals surface area contributed by atoms with Crippen molar-refractivity contribution in [3.8, 4) is 46.8 Å². The Morgan fingerprint density at radius 1 is 0.375 bits per heavy atom. The summed E-state index contributed by atoms with van der Waals surface area (Å²) in [5, 5.41) is 43.3. The molecular formula is C42H26N6. The fraction of sp³-hybridized carbons (Fsp3) is 0.0476. The molecule has 0 bridgehead atoms. The first-order valence-corrected chi connectivity index (χ1v) is 15.6. The topological polar surface area (TPSA) is 105 Å². The van der Waals surface area contributed by atoms with E-state index in [1.165, 1.54) is 0 Å². The number of nitriles is 4. The minimum Gasteiger partial charge on any atom is -0.309 e. The van der Waals surface area contributed by atoms with Crippen LogP contribution in [0.2, 0.25) is 0 Å². The summed E-state index contributed by atoms with van der Waals surface area (Å²) in [6.45, 7) is 4.00. The predicted molar refractivity (Wildman–Crippen MR) is 191 cm³/mol. The van der Waals surface area contributed by atoms with Crippen molar-refractivity contribution in [2.24, 2.45) is 0 Å². The molecule has 0 amide bonds. The molecule has 0 radical (unpaired) electrons. The molecule has 0 saturated heterocycles. The minimum atomic E-state index is 0.497. The second-order valence-corrected chi connectivity index (χ2v) is 11.1. The van der Waals surface area contributed by atoms with Crippen LogP contribution < -0.4 is 0 Å². The van der Waals surface area contributed by atoms with E-state index < -0.39 is 0 Å². The Balaban J connectivity index is 0.00000179. The molecule has 0 unspecified atom stereocenters. The molecule has 0 fully saturated rings. The van der Waals surface area contributed by atoms with Gasteiger partial charge in [0.1, 0.15) is 0 Å². The number of nitrogens with zero attached hydrogens (tertiary/aromatic N) is 6. The molecule has 8 aromatic rings. The fourth-order valence-corrected chi connectivity index (χ4v) is 6.63. The molecule has 0 atom stereocenters. The van der Waals surface area contributed by atoms with Gasteiger partial charge in [0.05, 0.1) is 80.0 Å². The van der Waals surface area contributed by atoms with Crippen molar-refractivity contribution in [1.82, 2.24) is 9.13 Å². The minimum absolute atomic E-state index is 0.497. The number of fused-ring (bicyclic) bond motifs is 6. The maximum Gasteiger partial charge on any atom is 0.0992 e. The molecule has 224 valence electrons. The van der Waals surface area contributed by atoms with Crippen LogP contribution in [0.4, 0.5) is 0 Å². The average molecular weight is 615 g/mol. The van der Waals surface area contributed by atoms with Crippen LogP contribution in [-0.2, 0) is 0 Å². The standard InChI is InChI=1S/C40H20N6.C2H6/c41-21-25-10-14-37-32(17-25)29-5-1-3-7-35(29)45(37)38-15-11-27(23-43)19-34(38)31-13-9-28(24-44)20-40(31)46-36-8-4-2-6-30(36)33-18-26(22-42)12-16-39(33)46;1-2/h1-20H;1-2H3. The Hall–Kier alpha value is -7.12. The number of hydrogen-bond donors (Lipinski definition) is 0. The summed E-state index contributed by atoms with van der Waals surface area (Å²) in [5.41, 5.74) is 9.15.